The van der Waals surface area contributed by atoms with Crippen molar-refractivity contribution in [3.63, 3.8) is 0 Å². The molecule has 0 spiro atoms. The summed E-state index contributed by atoms with van der Waals surface area (Å²) in [6.45, 7) is 10.3. The van der Waals surface area contributed by atoms with Crippen LogP contribution in [-0.4, -0.2) is 40.8 Å². The highest BCUT2D eigenvalue weighted by molar-refractivity contribution is 5.56. The van der Waals surface area contributed by atoms with Gasteiger partial charge < -0.3 is 9.80 Å². The zero-order valence-electron chi connectivity index (χ0n) is 14.5. The Morgan fingerprint density at radius 1 is 0.833 bits per heavy atom. The first-order chi connectivity index (χ1) is 11.6. The van der Waals surface area contributed by atoms with E-state index in [9.17, 15) is 0 Å². The number of piperazine rings is 1. The molecule has 0 unspecified atom stereocenters. The Bertz CT molecular complexity index is 875. The second-order valence-corrected chi connectivity index (χ2v) is 6.57. The number of anilines is 2. The number of hydrogen-bond donors (Lipinski definition) is 0. The van der Waals surface area contributed by atoms with E-state index < -0.39 is 0 Å². The number of aromatic nitrogens is 3. The summed E-state index contributed by atoms with van der Waals surface area (Å²) in [6, 6.07) is 12.8. The summed E-state index contributed by atoms with van der Waals surface area (Å²) in [6.07, 6.45) is 0. The van der Waals surface area contributed by atoms with Crippen molar-refractivity contribution in [1.29, 1.82) is 0 Å². The fourth-order valence-corrected chi connectivity index (χ4v) is 3.51. The van der Waals surface area contributed by atoms with E-state index in [1.807, 2.05) is 17.5 Å². The van der Waals surface area contributed by atoms with Gasteiger partial charge in [0.15, 0.2) is 5.65 Å². The fourth-order valence-electron chi connectivity index (χ4n) is 3.51. The monoisotopic (exact) mass is 321 g/mol. The molecule has 0 amide bonds. The zero-order chi connectivity index (χ0) is 16.7. The average Bonchev–Trinajstić information content (AvgIpc) is 2.95. The number of aryl methyl sites for hydroxylation is 3. The van der Waals surface area contributed by atoms with E-state index in [-0.39, 0.29) is 0 Å². The molecule has 24 heavy (non-hydrogen) atoms. The highest BCUT2D eigenvalue weighted by Gasteiger charge is 2.21. The van der Waals surface area contributed by atoms with Gasteiger partial charge in [-0.2, -0.15) is 9.61 Å². The molecule has 2 aromatic heterocycles. The van der Waals surface area contributed by atoms with Crippen molar-refractivity contribution in [3.05, 3.63) is 53.3 Å². The molecule has 0 N–H and O–H groups in total. The first-order valence-electron chi connectivity index (χ1n) is 8.51. The summed E-state index contributed by atoms with van der Waals surface area (Å²) in [4.78, 5) is 9.49. The number of para-hydroxylation sites is 1. The molecular formula is C19H23N5. The van der Waals surface area contributed by atoms with Crippen LogP contribution in [-0.2, 0) is 0 Å². The van der Waals surface area contributed by atoms with Gasteiger partial charge in [0.25, 0.3) is 0 Å². The van der Waals surface area contributed by atoms with E-state index in [2.05, 4.69) is 64.1 Å². The first kappa shape index (κ1) is 15.0. The topological polar surface area (TPSA) is 36.7 Å². The number of fused-ring (bicyclic) bond motifs is 1. The SMILES string of the molecule is Cc1cc(N2CCN(c3ccccc3C)CC2)n2nc(C)cc2n1. The van der Waals surface area contributed by atoms with Gasteiger partial charge in [-0.25, -0.2) is 4.98 Å². The molecule has 3 aromatic rings. The van der Waals surface area contributed by atoms with Gasteiger partial charge in [0.2, 0.25) is 0 Å². The molecular weight excluding hydrogens is 298 g/mol. The summed E-state index contributed by atoms with van der Waals surface area (Å²) in [5, 5.41) is 4.62. The Hall–Kier alpha value is -2.56. The molecule has 5 heteroatoms. The molecule has 1 aliphatic heterocycles. The Morgan fingerprint density at radius 2 is 1.54 bits per heavy atom. The van der Waals surface area contributed by atoms with Crippen LogP contribution in [0.4, 0.5) is 11.5 Å². The van der Waals surface area contributed by atoms with Crippen LogP contribution in [0.3, 0.4) is 0 Å². The van der Waals surface area contributed by atoms with Crippen molar-refractivity contribution in [2.75, 3.05) is 36.0 Å². The molecule has 4 rings (SSSR count). The third kappa shape index (κ3) is 2.60. The second-order valence-electron chi connectivity index (χ2n) is 6.57. The summed E-state index contributed by atoms with van der Waals surface area (Å²) < 4.78 is 1.98. The Balaban J connectivity index is 1.59. The maximum atomic E-state index is 4.62. The molecule has 0 aliphatic carbocycles. The Morgan fingerprint density at radius 3 is 2.29 bits per heavy atom. The molecule has 3 heterocycles. The molecule has 1 aromatic carbocycles. The van der Waals surface area contributed by atoms with Crippen molar-refractivity contribution < 1.29 is 0 Å². The van der Waals surface area contributed by atoms with Gasteiger partial charge in [-0.15, -0.1) is 0 Å². The van der Waals surface area contributed by atoms with Crippen LogP contribution in [0, 0.1) is 20.8 Å². The minimum Gasteiger partial charge on any atom is -0.368 e. The lowest BCUT2D eigenvalue weighted by Crippen LogP contribution is -2.47. The lowest BCUT2D eigenvalue weighted by atomic mass is 10.1. The lowest BCUT2D eigenvalue weighted by Gasteiger charge is -2.37. The molecule has 0 saturated carbocycles. The van der Waals surface area contributed by atoms with Crippen LogP contribution in [0.15, 0.2) is 36.4 Å². The standard InChI is InChI=1S/C19H23N5/c1-14-6-4-5-7-17(14)22-8-10-23(11-9-22)19-13-15(2)20-18-12-16(3)21-24(18)19/h4-7,12-13H,8-11H2,1-3H3. The molecule has 1 fully saturated rings. The van der Waals surface area contributed by atoms with Crippen LogP contribution >= 0.6 is 0 Å². The number of rotatable bonds is 2. The maximum Gasteiger partial charge on any atom is 0.157 e. The summed E-state index contributed by atoms with van der Waals surface area (Å²) in [7, 11) is 0. The highest BCUT2D eigenvalue weighted by atomic mass is 15.4. The quantitative estimate of drug-likeness (QED) is 0.727. The second kappa shape index (κ2) is 5.82. The molecule has 5 nitrogen and oxygen atoms in total. The third-order valence-electron chi connectivity index (χ3n) is 4.72. The minimum absolute atomic E-state index is 0.934. The number of benzene rings is 1. The van der Waals surface area contributed by atoms with Crippen LogP contribution in [0.1, 0.15) is 17.0 Å². The first-order valence-corrected chi connectivity index (χ1v) is 8.51. The van der Waals surface area contributed by atoms with E-state index >= 15 is 0 Å². The van der Waals surface area contributed by atoms with Crippen molar-refractivity contribution in [3.8, 4) is 0 Å². The van der Waals surface area contributed by atoms with Gasteiger partial charge in [0.1, 0.15) is 5.82 Å². The Kier molecular flexibility index (Phi) is 3.63. The normalized spacial score (nSPS) is 15.3. The molecule has 1 aliphatic rings. The maximum absolute atomic E-state index is 4.62. The highest BCUT2D eigenvalue weighted by Crippen LogP contribution is 2.24. The molecule has 1 saturated heterocycles. The van der Waals surface area contributed by atoms with Crippen molar-refractivity contribution in [2.24, 2.45) is 0 Å². The Labute approximate surface area is 142 Å². The summed E-state index contributed by atoms with van der Waals surface area (Å²) in [5.74, 6) is 1.15. The third-order valence-corrected chi connectivity index (χ3v) is 4.72. The largest absolute Gasteiger partial charge is 0.368 e. The van der Waals surface area contributed by atoms with E-state index in [0.717, 1.165) is 49.0 Å². The molecule has 0 radical (unpaired) electrons. The van der Waals surface area contributed by atoms with Crippen LogP contribution < -0.4 is 9.80 Å². The van der Waals surface area contributed by atoms with Gasteiger partial charge in [-0.1, -0.05) is 18.2 Å². The van der Waals surface area contributed by atoms with Gasteiger partial charge in [0.05, 0.1) is 5.69 Å². The predicted octanol–water partition coefficient (Wildman–Crippen LogP) is 2.98. The van der Waals surface area contributed by atoms with E-state index in [1.54, 1.807) is 0 Å². The zero-order valence-corrected chi connectivity index (χ0v) is 14.5. The van der Waals surface area contributed by atoms with Crippen molar-refractivity contribution in [1.82, 2.24) is 14.6 Å². The van der Waals surface area contributed by atoms with Crippen LogP contribution in [0.25, 0.3) is 5.65 Å². The van der Waals surface area contributed by atoms with Crippen molar-refractivity contribution >= 4 is 17.2 Å². The summed E-state index contributed by atoms with van der Waals surface area (Å²) >= 11 is 0. The lowest BCUT2D eigenvalue weighted by molar-refractivity contribution is 0.637. The van der Waals surface area contributed by atoms with Crippen LogP contribution in [0.2, 0.25) is 0 Å². The molecule has 0 bridgehead atoms. The minimum atomic E-state index is 0.934. The van der Waals surface area contributed by atoms with E-state index in [4.69, 9.17) is 0 Å². The van der Waals surface area contributed by atoms with Gasteiger partial charge in [-0.05, 0) is 32.4 Å². The van der Waals surface area contributed by atoms with E-state index in [1.165, 1.54) is 11.3 Å². The molecule has 0 atom stereocenters. The van der Waals surface area contributed by atoms with E-state index in [0.29, 0.717) is 0 Å². The molecule has 124 valence electrons. The van der Waals surface area contributed by atoms with Gasteiger partial charge in [-0.3, -0.25) is 0 Å². The van der Waals surface area contributed by atoms with Gasteiger partial charge in [0, 0.05) is 49.7 Å². The smallest absolute Gasteiger partial charge is 0.157 e. The number of hydrogen-bond acceptors (Lipinski definition) is 4. The number of nitrogens with zero attached hydrogens (tertiary/aromatic N) is 5. The van der Waals surface area contributed by atoms with Crippen LogP contribution in [0.5, 0.6) is 0 Å². The average molecular weight is 321 g/mol. The van der Waals surface area contributed by atoms with Crippen molar-refractivity contribution in [2.45, 2.75) is 20.8 Å². The van der Waals surface area contributed by atoms with Gasteiger partial charge >= 0.3 is 0 Å². The fraction of sp³-hybridized carbons (Fsp3) is 0.368. The summed E-state index contributed by atoms with van der Waals surface area (Å²) in [5.41, 5.74) is 5.68. The predicted molar refractivity (Wildman–Crippen MR) is 98.1 cm³/mol.